The van der Waals surface area contributed by atoms with E-state index < -0.39 is 5.09 Å². The zero-order valence-corrected chi connectivity index (χ0v) is 12.1. The third-order valence-electron chi connectivity index (χ3n) is 3.64. The van der Waals surface area contributed by atoms with Crippen LogP contribution in [-0.2, 0) is 11.3 Å². The summed E-state index contributed by atoms with van der Waals surface area (Å²) >= 11 is 1.71. The first-order valence-corrected chi connectivity index (χ1v) is 7.72. The predicted octanol–water partition coefficient (Wildman–Crippen LogP) is 3.64. The molecule has 1 saturated carbocycles. The number of aromatic nitrogens is 1. The smallest absolute Gasteiger partial charge is 0.294 e. The molecule has 0 atom stereocenters. The molecule has 1 fully saturated rings. The third kappa shape index (κ3) is 4.16. The van der Waals surface area contributed by atoms with E-state index in [1.165, 1.54) is 43.5 Å². The second-order valence-electron chi connectivity index (χ2n) is 5.06. The van der Waals surface area contributed by atoms with Crippen LogP contribution in [0.15, 0.2) is 0 Å². The molecule has 0 bridgehead atoms. The molecule has 0 aromatic carbocycles. The lowest BCUT2D eigenvalue weighted by molar-refractivity contribution is -0.757. The summed E-state index contributed by atoms with van der Waals surface area (Å²) in [5, 5.41) is 10.6. The molecule has 0 spiro atoms. The maximum atomic E-state index is 10.1. The van der Waals surface area contributed by atoms with Gasteiger partial charge in [0.15, 0.2) is 0 Å². The SMILES string of the molecule is Cc1nc(C2CCCCCC2)sc1CCO[N+](=O)[O-]. The van der Waals surface area contributed by atoms with E-state index in [0.29, 0.717) is 12.3 Å². The van der Waals surface area contributed by atoms with E-state index in [1.54, 1.807) is 11.3 Å². The first-order valence-electron chi connectivity index (χ1n) is 6.90. The topological polar surface area (TPSA) is 65.3 Å². The summed E-state index contributed by atoms with van der Waals surface area (Å²) < 4.78 is 0. The standard InChI is InChI=1S/C13H20N2O3S/c1-10-12(8-9-18-15(16)17)19-13(14-10)11-6-4-2-3-5-7-11/h11H,2-9H2,1H3. The molecule has 0 saturated heterocycles. The van der Waals surface area contributed by atoms with E-state index >= 15 is 0 Å². The van der Waals surface area contributed by atoms with E-state index in [4.69, 9.17) is 0 Å². The third-order valence-corrected chi connectivity index (χ3v) is 5.02. The van der Waals surface area contributed by atoms with Crippen LogP contribution in [0.4, 0.5) is 0 Å². The number of hydrogen-bond acceptors (Lipinski definition) is 5. The van der Waals surface area contributed by atoms with Gasteiger partial charge in [0.25, 0.3) is 5.09 Å². The molecule has 5 nitrogen and oxygen atoms in total. The normalized spacial score (nSPS) is 17.1. The lowest BCUT2D eigenvalue weighted by Gasteiger charge is -2.09. The van der Waals surface area contributed by atoms with Crippen LogP contribution in [0.1, 0.15) is 60.0 Å². The quantitative estimate of drug-likeness (QED) is 0.470. The van der Waals surface area contributed by atoms with Gasteiger partial charge >= 0.3 is 0 Å². The average Bonchev–Trinajstić information content (AvgIpc) is 2.60. The van der Waals surface area contributed by atoms with Gasteiger partial charge in [-0.25, -0.2) is 4.98 Å². The Kier molecular flexibility index (Phi) is 5.13. The van der Waals surface area contributed by atoms with Crippen molar-refractivity contribution in [3.63, 3.8) is 0 Å². The van der Waals surface area contributed by atoms with Crippen LogP contribution in [0, 0.1) is 17.0 Å². The van der Waals surface area contributed by atoms with Crippen molar-refractivity contribution in [1.82, 2.24) is 4.98 Å². The summed E-state index contributed by atoms with van der Waals surface area (Å²) in [6.07, 6.45) is 8.31. The van der Waals surface area contributed by atoms with Crippen LogP contribution in [0.25, 0.3) is 0 Å². The highest BCUT2D eigenvalue weighted by Gasteiger charge is 2.19. The molecule has 106 valence electrons. The lowest BCUT2D eigenvalue weighted by Crippen LogP contribution is -2.04. The van der Waals surface area contributed by atoms with Gasteiger partial charge in [-0.1, -0.05) is 25.7 Å². The number of nitrogens with zero attached hydrogens (tertiary/aromatic N) is 2. The van der Waals surface area contributed by atoms with E-state index in [1.807, 2.05) is 6.92 Å². The van der Waals surface area contributed by atoms with Gasteiger partial charge in [-0.2, -0.15) is 0 Å². The number of hydrogen-bond donors (Lipinski definition) is 0. The van der Waals surface area contributed by atoms with Crippen molar-refractivity contribution in [2.75, 3.05) is 6.61 Å². The van der Waals surface area contributed by atoms with Gasteiger partial charge in [0.1, 0.15) is 6.61 Å². The fraction of sp³-hybridized carbons (Fsp3) is 0.769. The lowest BCUT2D eigenvalue weighted by atomic mass is 10.0. The predicted molar refractivity (Wildman–Crippen MR) is 73.9 cm³/mol. The van der Waals surface area contributed by atoms with Gasteiger partial charge in [-0.15, -0.1) is 21.5 Å². The second kappa shape index (κ2) is 6.84. The van der Waals surface area contributed by atoms with Gasteiger partial charge < -0.3 is 4.84 Å². The molecule has 1 aliphatic carbocycles. The Labute approximate surface area is 117 Å². The Morgan fingerprint density at radius 3 is 2.68 bits per heavy atom. The summed E-state index contributed by atoms with van der Waals surface area (Å²) in [6, 6.07) is 0. The summed E-state index contributed by atoms with van der Waals surface area (Å²) in [4.78, 5) is 20.3. The first-order chi connectivity index (χ1) is 9.16. The Morgan fingerprint density at radius 1 is 1.37 bits per heavy atom. The highest BCUT2D eigenvalue weighted by atomic mass is 32.1. The van der Waals surface area contributed by atoms with Crippen LogP contribution in [0.3, 0.4) is 0 Å². The Balaban J connectivity index is 1.96. The van der Waals surface area contributed by atoms with Crippen molar-refractivity contribution in [2.45, 2.75) is 57.8 Å². The van der Waals surface area contributed by atoms with Gasteiger partial charge in [-0.3, -0.25) is 0 Å². The minimum Gasteiger partial charge on any atom is -0.314 e. The van der Waals surface area contributed by atoms with Crippen LogP contribution in [0.5, 0.6) is 0 Å². The number of rotatable bonds is 5. The van der Waals surface area contributed by atoms with Crippen molar-refractivity contribution in [1.29, 1.82) is 0 Å². The zero-order valence-electron chi connectivity index (χ0n) is 11.3. The van der Waals surface area contributed by atoms with E-state index in [2.05, 4.69) is 9.82 Å². The molecule has 1 aromatic rings. The van der Waals surface area contributed by atoms with E-state index in [9.17, 15) is 10.1 Å². The molecule has 1 heterocycles. The van der Waals surface area contributed by atoms with E-state index in [0.717, 1.165) is 10.6 Å². The van der Waals surface area contributed by atoms with E-state index in [-0.39, 0.29) is 6.61 Å². The summed E-state index contributed by atoms with van der Waals surface area (Å²) in [5.74, 6) is 0.594. The maximum Gasteiger partial charge on any atom is 0.294 e. The molecule has 0 unspecified atom stereocenters. The van der Waals surface area contributed by atoms with Crippen LogP contribution < -0.4 is 0 Å². The molecule has 1 aliphatic rings. The molecule has 1 aromatic heterocycles. The van der Waals surface area contributed by atoms with Crippen molar-refractivity contribution >= 4 is 11.3 Å². The molecule has 0 aliphatic heterocycles. The van der Waals surface area contributed by atoms with Crippen LogP contribution >= 0.6 is 11.3 Å². The summed E-state index contributed by atoms with van der Waals surface area (Å²) in [6.45, 7) is 2.11. The van der Waals surface area contributed by atoms with Crippen LogP contribution in [-0.4, -0.2) is 16.7 Å². The highest BCUT2D eigenvalue weighted by molar-refractivity contribution is 7.11. The second-order valence-corrected chi connectivity index (χ2v) is 6.17. The zero-order chi connectivity index (χ0) is 13.7. The Bertz CT molecular complexity index is 426. The molecular formula is C13H20N2O3S. The minimum atomic E-state index is -0.734. The van der Waals surface area contributed by atoms with Crippen LogP contribution in [0.2, 0.25) is 0 Å². The monoisotopic (exact) mass is 284 g/mol. The molecule has 19 heavy (non-hydrogen) atoms. The minimum absolute atomic E-state index is 0.125. The van der Waals surface area contributed by atoms with Crippen molar-refractivity contribution in [2.24, 2.45) is 0 Å². The molecule has 0 N–H and O–H groups in total. The Hall–Kier alpha value is -1.17. The fourth-order valence-corrected chi connectivity index (χ4v) is 3.81. The molecule has 6 heteroatoms. The largest absolute Gasteiger partial charge is 0.314 e. The van der Waals surface area contributed by atoms with Gasteiger partial charge in [0, 0.05) is 17.2 Å². The van der Waals surface area contributed by atoms with Crippen molar-refractivity contribution in [3.8, 4) is 0 Å². The van der Waals surface area contributed by atoms with Gasteiger partial charge in [0.2, 0.25) is 0 Å². The summed E-state index contributed by atoms with van der Waals surface area (Å²) in [7, 11) is 0. The Morgan fingerprint density at radius 2 is 2.05 bits per heavy atom. The highest BCUT2D eigenvalue weighted by Crippen LogP contribution is 2.35. The molecular weight excluding hydrogens is 264 g/mol. The average molecular weight is 284 g/mol. The van der Waals surface area contributed by atoms with Gasteiger partial charge in [0.05, 0.1) is 10.7 Å². The van der Waals surface area contributed by atoms with Gasteiger partial charge in [-0.05, 0) is 19.8 Å². The fourth-order valence-electron chi connectivity index (χ4n) is 2.60. The maximum absolute atomic E-state index is 10.1. The molecule has 2 rings (SSSR count). The molecule has 0 radical (unpaired) electrons. The summed E-state index contributed by atoms with van der Waals surface area (Å²) in [5.41, 5.74) is 1.01. The first kappa shape index (κ1) is 14.2. The number of aryl methyl sites for hydroxylation is 1. The molecule has 0 amide bonds. The number of thiazole rings is 1. The van der Waals surface area contributed by atoms with Crippen molar-refractivity contribution < 1.29 is 9.92 Å². The van der Waals surface area contributed by atoms with Crippen molar-refractivity contribution in [3.05, 3.63) is 25.7 Å².